The Morgan fingerprint density at radius 3 is 2.69 bits per heavy atom. The fourth-order valence-electron chi connectivity index (χ4n) is 1.84. The van der Waals surface area contributed by atoms with Crippen molar-refractivity contribution in [3.8, 4) is 5.75 Å². The molecule has 4 heteroatoms. The summed E-state index contributed by atoms with van der Waals surface area (Å²) >= 11 is 0. The summed E-state index contributed by atoms with van der Waals surface area (Å²) in [6.45, 7) is 3.99. The van der Waals surface area contributed by atoms with Crippen LogP contribution in [-0.4, -0.2) is 15.1 Å². The maximum Gasteiger partial charge on any atom is 0.252 e. The van der Waals surface area contributed by atoms with Gasteiger partial charge in [-0.05, 0) is 18.9 Å². The number of aromatic amines is 1. The summed E-state index contributed by atoms with van der Waals surface area (Å²) in [6, 6.07) is 3.00. The van der Waals surface area contributed by atoms with Crippen molar-refractivity contribution in [1.29, 1.82) is 0 Å². The Hall–Kier alpha value is -1.84. The molecule has 0 aliphatic heterocycles. The van der Waals surface area contributed by atoms with Crippen LogP contribution in [0.3, 0.4) is 0 Å². The molecule has 0 fully saturated rings. The van der Waals surface area contributed by atoms with Crippen LogP contribution in [-0.2, 0) is 12.8 Å². The van der Waals surface area contributed by atoms with E-state index in [0.29, 0.717) is 10.9 Å². The molecular formula is C12H14N2O2. The van der Waals surface area contributed by atoms with Crippen LogP contribution in [0.4, 0.5) is 0 Å². The van der Waals surface area contributed by atoms with Crippen LogP contribution in [0.1, 0.15) is 25.2 Å². The van der Waals surface area contributed by atoms with Gasteiger partial charge in [-0.25, -0.2) is 0 Å². The van der Waals surface area contributed by atoms with E-state index in [4.69, 9.17) is 0 Å². The normalized spacial score (nSPS) is 10.9. The van der Waals surface area contributed by atoms with Gasteiger partial charge in [0.1, 0.15) is 5.75 Å². The van der Waals surface area contributed by atoms with Gasteiger partial charge in [0, 0.05) is 11.8 Å². The van der Waals surface area contributed by atoms with Crippen molar-refractivity contribution in [3.05, 3.63) is 33.9 Å². The molecule has 0 radical (unpaired) electrons. The summed E-state index contributed by atoms with van der Waals surface area (Å²) in [5.41, 5.74) is 2.11. The number of aryl methyl sites for hydroxylation is 2. The lowest BCUT2D eigenvalue weighted by atomic mass is 10.1. The van der Waals surface area contributed by atoms with Crippen LogP contribution in [0.5, 0.6) is 5.75 Å². The van der Waals surface area contributed by atoms with Gasteiger partial charge in [-0.1, -0.05) is 13.8 Å². The zero-order valence-electron chi connectivity index (χ0n) is 9.37. The molecule has 0 aromatic carbocycles. The summed E-state index contributed by atoms with van der Waals surface area (Å²) in [5.74, 6) is 0.00533. The van der Waals surface area contributed by atoms with Crippen molar-refractivity contribution in [2.24, 2.45) is 0 Å². The van der Waals surface area contributed by atoms with Gasteiger partial charge in [-0.3, -0.25) is 9.78 Å². The predicted molar refractivity (Wildman–Crippen MR) is 62.8 cm³/mol. The number of nitrogens with one attached hydrogen (secondary N) is 1. The lowest BCUT2D eigenvalue weighted by Gasteiger charge is -2.07. The van der Waals surface area contributed by atoms with E-state index in [-0.39, 0.29) is 11.3 Å². The second-order valence-corrected chi connectivity index (χ2v) is 3.71. The Morgan fingerprint density at radius 2 is 2.06 bits per heavy atom. The molecule has 2 heterocycles. The fraction of sp³-hybridized carbons (Fsp3) is 0.333. The number of hydrogen-bond acceptors (Lipinski definition) is 3. The zero-order chi connectivity index (χ0) is 11.7. The molecule has 0 unspecified atom stereocenters. The van der Waals surface area contributed by atoms with Gasteiger partial charge < -0.3 is 10.1 Å². The van der Waals surface area contributed by atoms with E-state index >= 15 is 0 Å². The highest BCUT2D eigenvalue weighted by molar-refractivity contribution is 5.87. The molecule has 16 heavy (non-hydrogen) atoms. The second kappa shape index (κ2) is 3.96. The molecule has 2 aromatic heterocycles. The Labute approximate surface area is 93.0 Å². The lowest BCUT2D eigenvalue weighted by molar-refractivity contribution is 0.480. The van der Waals surface area contributed by atoms with Gasteiger partial charge in [0.25, 0.3) is 5.56 Å². The molecule has 0 saturated heterocycles. The third-order valence-corrected chi connectivity index (χ3v) is 2.63. The van der Waals surface area contributed by atoms with Crippen LogP contribution in [0.2, 0.25) is 0 Å². The number of aromatic hydroxyl groups is 1. The molecule has 4 nitrogen and oxygen atoms in total. The minimum Gasteiger partial charge on any atom is -0.507 e. The van der Waals surface area contributed by atoms with E-state index in [0.717, 1.165) is 24.2 Å². The summed E-state index contributed by atoms with van der Waals surface area (Å²) < 4.78 is 0. The van der Waals surface area contributed by atoms with Crippen molar-refractivity contribution in [3.63, 3.8) is 0 Å². The van der Waals surface area contributed by atoms with Crippen molar-refractivity contribution in [2.45, 2.75) is 26.7 Å². The van der Waals surface area contributed by atoms with Gasteiger partial charge >= 0.3 is 0 Å². The molecule has 0 aliphatic rings. The van der Waals surface area contributed by atoms with Gasteiger partial charge in [0.05, 0.1) is 16.6 Å². The Balaban J connectivity index is 2.89. The number of rotatable bonds is 2. The minimum absolute atomic E-state index is 0.00533. The van der Waals surface area contributed by atoms with E-state index in [2.05, 4.69) is 9.97 Å². The summed E-state index contributed by atoms with van der Waals surface area (Å²) in [4.78, 5) is 18.4. The SMILES string of the molecule is CCc1cc2[nH]c(=O)cc(O)c2c(CC)n1. The second-order valence-electron chi connectivity index (χ2n) is 3.71. The van der Waals surface area contributed by atoms with E-state index < -0.39 is 0 Å². The van der Waals surface area contributed by atoms with Crippen molar-refractivity contribution < 1.29 is 5.11 Å². The standard InChI is InChI=1S/C12H14N2O2/c1-3-7-5-9-12(8(4-2)13-7)10(15)6-11(16)14-9/h5-6H,3-4H2,1-2H3,(H2,14,15,16). The largest absolute Gasteiger partial charge is 0.507 e. The number of aromatic nitrogens is 2. The third kappa shape index (κ3) is 1.66. The monoisotopic (exact) mass is 218 g/mol. The Morgan fingerprint density at radius 1 is 1.31 bits per heavy atom. The molecular weight excluding hydrogens is 204 g/mol. The third-order valence-electron chi connectivity index (χ3n) is 2.63. The van der Waals surface area contributed by atoms with Crippen molar-refractivity contribution >= 4 is 10.9 Å². The highest BCUT2D eigenvalue weighted by Gasteiger charge is 2.09. The van der Waals surface area contributed by atoms with E-state index in [1.165, 1.54) is 6.07 Å². The highest BCUT2D eigenvalue weighted by atomic mass is 16.3. The van der Waals surface area contributed by atoms with Gasteiger partial charge in [0.15, 0.2) is 0 Å². The maximum atomic E-state index is 11.3. The summed E-state index contributed by atoms with van der Waals surface area (Å²) in [5, 5.41) is 10.4. The quantitative estimate of drug-likeness (QED) is 0.807. The molecule has 0 bridgehead atoms. The minimum atomic E-state index is -0.291. The number of nitrogens with zero attached hydrogens (tertiary/aromatic N) is 1. The van der Waals surface area contributed by atoms with Crippen molar-refractivity contribution in [1.82, 2.24) is 9.97 Å². The Bertz CT molecular complexity index is 587. The van der Waals surface area contributed by atoms with Crippen LogP contribution in [0.15, 0.2) is 16.9 Å². The molecule has 0 aliphatic carbocycles. The van der Waals surface area contributed by atoms with Crippen LogP contribution >= 0.6 is 0 Å². The molecule has 0 amide bonds. The first-order valence-electron chi connectivity index (χ1n) is 5.40. The molecule has 0 atom stereocenters. The number of fused-ring (bicyclic) bond motifs is 1. The first-order valence-corrected chi connectivity index (χ1v) is 5.40. The zero-order valence-corrected chi connectivity index (χ0v) is 9.37. The average Bonchev–Trinajstić information content (AvgIpc) is 2.26. The fourth-order valence-corrected chi connectivity index (χ4v) is 1.84. The van der Waals surface area contributed by atoms with Crippen LogP contribution < -0.4 is 5.56 Å². The highest BCUT2D eigenvalue weighted by Crippen LogP contribution is 2.25. The first kappa shape index (κ1) is 10.7. The predicted octanol–water partition coefficient (Wildman–Crippen LogP) is 1.75. The summed E-state index contributed by atoms with van der Waals surface area (Å²) in [7, 11) is 0. The molecule has 84 valence electrons. The number of hydrogen-bond donors (Lipinski definition) is 2. The maximum absolute atomic E-state index is 11.3. The van der Waals surface area contributed by atoms with Crippen molar-refractivity contribution in [2.75, 3.05) is 0 Å². The van der Waals surface area contributed by atoms with E-state index in [9.17, 15) is 9.90 Å². The molecule has 2 rings (SSSR count). The van der Waals surface area contributed by atoms with E-state index in [1.54, 1.807) is 0 Å². The molecule has 0 spiro atoms. The molecule has 2 aromatic rings. The number of pyridine rings is 2. The molecule has 2 N–H and O–H groups in total. The molecule has 0 saturated carbocycles. The lowest BCUT2D eigenvalue weighted by Crippen LogP contribution is -2.06. The van der Waals surface area contributed by atoms with E-state index in [1.807, 2.05) is 19.9 Å². The van der Waals surface area contributed by atoms with Gasteiger partial charge in [0.2, 0.25) is 0 Å². The van der Waals surface area contributed by atoms with Gasteiger partial charge in [-0.2, -0.15) is 0 Å². The topological polar surface area (TPSA) is 66.0 Å². The average molecular weight is 218 g/mol. The Kier molecular flexibility index (Phi) is 2.64. The smallest absolute Gasteiger partial charge is 0.252 e. The first-order chi connectivity index (χ1) is 7.65. The number of H-pyrrole nitrogens is 1. The summed E-state index contributed by atoms with van der Waals surface area (Å²) in [6.07, 6.45) is 1.53. The van der Waals surface area contributed by atoms with Crippen LogP contribution in [0, 0.1) is 0 Å². The van der Waals surface area contributed by atoms with Crippen LogP contribution in [0.25, 0.3) is 10.9 Å². The van der Waals surface area contributed by atoms with Gasteiger partial charge in [-0.15, -0.1) is 0 Å².